The zero-order chi connectivity index (χ0) is 34.6. The van der Waals surface area contributed by atoms with Crippen LogP contribution in [0.1, 0.15) is 60.3 Å². The lowest BCUT2D eigenvalue weighted by Gasteiger charge is -2.51. The van der Waals surface area contributed by atoms with Crippen molar-refractivity contribution in [3.05, 3.63) is 41.4 Å². The highest BCUT2D eigenvalue weighted by Crippen LogP contribution is 2.46. The molecule has 0 aliphatic carbocycles. The van der Waals surface area contributed by atoms with Crippen LogP contribution >= 0.6 is 0 Å². The molecule has 5 heterocycles. The van der Waals surface area contributed by atoms with Crippen LogP contribution in [0.15, 0.2) is 30.3 Å². The predicted octanol–water partition coefficient (Wildman–Crippen LogP) is 3.84. The van der Waals surface area contributed by atoms with Gasteiger partial charge in [0.25, 0.3) is 0 Å². The van der Waals surface area contributed by atoms with Gasteiger partial charge in [-0.15, -0.1) is 0 Å². The molecule has 0 radical (unpaired) electrons. The molecule has 0 N–H and O–H groups in total. The first-order valence-electron chi connectivity index (χ1n) is 16.5. The Bertz CT molecular complexity index is 1370. The number of esters is 1. The average Bonchev–Trinajstić information content (AvgIpc) is 3.50. The van der Waals surface area contributed by atoms with Crippen molar-refractivity contribution >= 4 is 20.5 Å². The van der Waals surface area contributed by atoms with Crippen LogP contribution in [0.3, 0.4) is 0 Å². The second kappa shape index (κ2) is 13.2. The summed E-state index contributed by atoms with van der Waals surface area (Å²) < 4.78 is 69.5. The molecule has 1 aromatic rings. The van der Waals surface area contributed by atoms with Gasteiger partial charge in [-0.1, -0.05) is 51.1 Å². The zero-order valence-corrected chi connectivity index (χ0v) is 30.0. The topological polar surface area (TPSA) is 155 Å². The van der Waals surface area contributed by atoms with E-state index in [0.29, 0.717) is 6.21 Å². The van der Waals surface area contributed by atoms with Gasteiger partial charge >= 0.3 is 12.2 Å². The second-order valence-corrected chi connectivity index (χ2v) is 20.0. The fraction of sp³-hybridized carbons (Fsp3) is 0.758. The Labute approximate surface area is 282 Å². The molecular formula is C33H48N2O12Si. The van der Waals surface area contributed by atoms with E-state index in [9.17, 15) is 4.79 Å². The van der Waals surface area contributed by atoms with E-state index < -0.39 is 93.6 Å². The summed E-state index contributed by atoms with van der Waals surface area (Å²) in [5.41, 5.74) is 9.96. The lowest BCUT2D eigenvalue weighted by Crippen LogP contribution is -2.66. The third-order valence-corrected chi connectivity index (χ3v) is 14.2. The molecule has 5 aliphatic rings. The van der Waals surface area contributed by atoms with E-state index >= 15 is 0 Å². The molecule has 15 heteroatoms. The lowest BCUT2D eigenvalue weighted by molar-refractivity contribution is -0.363. The van der Waals surface area contributed by atoms with Crippen LogP contribution in [0.5, 0.6) is 0 Å². The van der Waals surface area contributed by atoms with Crippen molar-refractivity contribution in [3.8, 4) is 0 Å². The van der Waals surface area contributed by atoms with Crippen molar-refractivity contribution in [2.45, 2.75) is 146 Å². The molecule has 0 bridgehead atoms. The first-order chi connectivity index (χ1) is 22.5. The van der Waals surface area contributed by atoms with E-state index in [1.54, 1.807) is 0 Å². The molecular weight excluding hydrogens is 644 g/mol. The molecule has 266 valence electrons. The van der Waals surface area contributed by atoms with Crippen LogP contribution in [0.4, 0.5) is 0 Å². The zero-order valence-electron chi connectivity index (χ0n) is 29.0. The highest BCUT2D eigenvalue weighted by Gasteiger charge is 2.61. The van der Waals surface area contributed by atoms with Crippen LogP contribution < -0.4 is 0 Å². The molecule has 5 aliphatic heterocycles. The summed E-state index contributed by atoms with van der Waals surface area (Å²) in [5.74, 6) is -2.68. The molecule has 0 spiro atoms. The maximum atomic E-state index is 12.9. The Morgan fingerprint density at radius 2 is 1.60 bits per heavy atom. The summed E-state index contributed by atoms with van der Waals surface area (Å²) in [6.07, 6.45) is -7.38. The molecule has 6 rings (SSSR count). The van der Waals surface area contributed by atoms with Crippen molar-refractivity contribution < 1.29 is 61.4 Å². The van der Waals surface area contributed by atoms with Crippen molar-refractivity contribution in [2.24, 2.45) is 0 Å². The third-order valence-electron chi connectivity index (χ3n) is 9.68. The first-order valence-corrected chi connectivity index (χ1v) is 19.4. The average molecular weight is 693 g/mol. The molecule has 0 aromatic heterocycles. The first kappa shape index (κ1) is 35.7. The summed E-state index contributed by atoms with van der Waals surface area (Å²) in [7, 11) is -2.53. The van der Waals surface area contributed by atoms with Gasteiger partial charge in [-0.2, -0.15) is 4.79 Å². The fourth-order valence-corrected chi connectivity index (χ4v) is 7.77. The standard InChI is InChI=1S/C33H48N2O12Si/c1-31(2,3)48(8,9)47-25-22-19(16-37-28(42-22)18-13-11-10-12-14-18)39-29(26(25)41-21(36)15-35-34)38-17-20-23-24(44-32(4,5)43-23)27-30(40-20)46-33(6,7)45-27/h10-15,19-20,22-30H,16-17H2,1-9H3/t19?,20?,22-,23+,24?,25?,26?,27?,28?,29+,30-/m1/s1. The van der Waals surface area contributed by atoms with Crippen molar-refractivity contribution in [2.75, 3.05) is 13.2 Å². The molecule has 5 fully saturated rings. The maximum Gasteiger partial charge on any atom is 0.414 e. The molecule has 1 aromatic carbocycles. The molecule has 48 heavy (non-hydrogen) atoms. The number of rotatable bonds is 8. The van der Waals surface area contributed by atoms with Gasteiger partial charge in [-0.3, -0.25) is 0 Å². The molecule has 5 saturated heterocycles. The molecule has 0 amide bonds. The van der Waals surface area contributed by atoms with E-state index in [1.165, 1.54) is 0 Å². The molecule has 14 nitrogen and oxygen atoms in total. The fourth-order valence-electron chi connectivity index (χ4n) is 6.47. The minimum Gasteiger partial charge on any atom is -0.446 e. The summed E-state index contributed by atoms with van der Waals surface area (Å²) in [5, 5.41) is -0.201. The van der Waals surface area contributed by atoms with Crippen LogP contribution in [0, 0.1) is 0 Å². The van der Waals surface area contributed by atoms with Gasteiger partial charge in [0.15, 0.2) is 44.9 Å². The molecule has 0 saturated carbocycles. The van der Waals surface area contributed by atoms with E-state index in [1.807, 2.05) is 58.0 Å². The quantitative estimate of drug-likeness (QED) is 0.128. The van der Waals surface area contributed by atoms with Crippen LogP contribution in [0.2, 0.25) is 18.1 Å². The number of nitrogens with zero attached hydrogens (tertiary/aromatic N) is 2. The van der Waals surface area contributed by atoms with Crippen molar-refractivity contribution in [1.82, 2.24) is 0 Å². The van der Waals surface area contributed by atoms with E-state index in [-0.39, 0.29) is 18.3 Å². The highest BCUT2D eigenvalue weighted by atomic mass is 28.4. The lowest BCUT2D eigenvalue weighted by atomic mass is 9.97. The minimum absolute atomic E-state index is 0.0427. The monoisotopic (exact) mass is 692 g/mol. The Balaban J connectivity index is 1.29. The van der Waals surface area contributed by atoms with Gasteiger partial charge in [0.1, 0.15) is 42.7 Å². The second-order valence-electron chi connectivity index (χ2n) is 15.2. The van der Waals surface area contributed by atoms with Crippen LogP contribution in [-0.2, 0) is 56.6 Å². The molecule has 7 unspecified atom stereocenters. The van der Waals surface area contributed by atoms with Gasteiger partial charge in [0.05, 0.1) is 13.2 Å². The third kappa shape index (κ3) is 7.34. The Kier molecular flexibility index (Phi) is 9.83. The number of hydrogen-bond donors (Lipinski definition) is 0. The largest absolute Gasteiger partial charge is 0.446 e. The molecule has 11 atom stereocenters. The van der Waals surface area contributed by atoms with Crippen molar-refractivity contribution in [3.63, 3.8) is 0 Å². The summed E-state index contributed by atoms with van der Waals surface area (Å²) in [6, 6.07) is 9.55. The normalized spacial score (nSPS) is 38.6. The summed E-state index contributed by atoms with van der Waals surface area (Å²) >= 11 is 0. The number of ether oxygens (including phenoxy) is 10. The van der Waals surface area contributed by atoms with E-state index in [2.05, 4.69) is 38.7 Å². The van der Waals surface area contributed by atoms with E-state index in [4.69, 9.17) is 57.3 Å². The van der Waals surface area contributed by atoms with Gasteiger partial charge in [0, 0.05) is 5.56 Å². The number of benzene rings is 1. The number of hydrogen-bond acceptors (Lipinski definition) is 12. The van der Waals surface area contributed by atoms with Gasteiger partial charge in [-0.05, 0) is 45.8 Å². The number of carbonyl (C=O) groups excluding carboxylic acids is 1. The minimum atomic E-state index is -2.53. The van der Waals surface area contributed by atoms with E-state index in [0.717, 1.165) is 5.56 Å². The van der Waals surface area contributed by atoms with Gasteiger partial charge < -0.3 is 57.3 Å². The Hall–Kier alpha value is -2.11. The Morgan fingerprint density at radius 3 is 2.29 bits per heavy atom. The predicted molar refractivity (Wildman–Crippen MR) is 169 cm³/mol. The summed E-state index contributed by atoms with van der Waals surface area (Å²) in [6.45, 7) is 18.0. The maximum absolute atomic E-state index is 12.9. The number of carbonyl (C=O) groups is 1. The van der Waals surface area contributed by atoms with Crippen LogP contribution in [0.25, 0.3) is 5.53 Å². The van der Waals surface area contributed by atoms with Crippen LogP contribution in [-0.4, -0.2) is 111 Å². The van der Waals surface area contributed by atoms with Gasteiger partial charge in [-0.25, -0.2) is 4.79 Å². The SMILES string of the molecule is CC1(C)OC2C3OC(C)(C)O[C@H]3C(CO[C@H]3OC4COC(c5ccccc5)O[C@H]4C(O[Si](C)(C)C(C)(C)C)C3OC(=O)C=[N+]=[N-])O[C@@H]2O1. The number of fused-ring (bicyclic) bond motifs is 4. The Morgan fingerprint density at radius 1 is 0.938 bits per heavy atom. The van der Waals surface area contributed by atoms with Crippen molar-refractivity contribution in [1.29, 1.82) is 0 Å². The summed E-state index contributed by atoms with van der Waals surface area (Å²) in [4.78, 5) is 15.7. The smallest absolute Gasteiger partial charge is 0.414 e. The van der Waals surface area contributed by atoms with Gasteiger partial charge in [0.2, 0.25) is 0 Å². The highest BCUT2D eigenvalue weighted by molar-refractivity contribution is 6.74.